The van der Waals surface area contributed by atoms with Gasteiger partial charge in [-0.3, -0.25) is 4.98 Å². The van der Waals surface area contributed by atoms with Crippen LogP contribution in [0, 0.1) is 0 Å². The van der Waals surface area contributed by atoms with Crippen molar-refractivity contribution < 1.29 is 14.9 Å². The van der Waals surface area contributed by atoms with Gasteiger partial charge >= 0.3 is 0 Å². The highest BCUT2D eigenvalue weighted by Crippen LogP contribution is 2.21. The van der Waals surface area contributed by atoms with Crippen LogP contribution >= 0.6 is 0 Å². The predicted octanol–water partition coefficient (Wildman–Crippen LogP) is 0.894. The second-order valence-electron chi connectivity index (χ2n) is 3.08. The lowest BCUT2D eigenvalue weighted by atomic mass is 10.0. The molecule has 0 aliphatic rings. The lowest BCUT2D eigenvalue weighted by Gasteiger charge is -2.16. The fourth-order valence-electron chi connectivity index (χ4n) is 1.15. The number of aromatic nitrogens is 1. The van der Waals surface area contributed by atoms with Gasteiger partial charge in [0, 0.05) is 11.8 Å². The van der Waals surface area contributed by atoms with E-state index in [1.165, 1.54) is 13.3 Å². The van der Waals surface area contributed by atoms with Crippen LogP contribution in [0.3, 0.4) is 0 Å². The molecular formula is C10H15NO3. The number of pyridine rings is 1. The SMILES string of the molecule is CCC(O)C(O)c1cncc(OC)c1. The van der Waals surface area contributed by atoms with Crippen molar-refractivity contribution in [3.05, 3.63) is 24.0 Å². The van der Waals surface area contributed by atoms with E-state index in [1.54, 1.807) is 12.3 Å². The Hall–Kier alpha value is -1.13. The third kappa shape index (κ3) is 2.43. The van der Waals surface area contributed by atoms with Gasteiger partial charge in [-0.05, 0) is 12.5 Å². The van der Waals surface area contributed by atoms with E-state index in [1.807, 2.05) is 6.92 Å². The van der Waals surface area contributed by atoms with Gasteiger partial charge in [-0.25, -0.2) is 0 Å². The molecule has 14 heavy (non-hydrogen) atoms. The van der Waals surface area contributed by atoms with Crippen LogP contribution in [0.4, 0.5) is 0 Å². The average molecular weight is 197 g/mol. The summed E-state index contributed by atoms with van der Waals surface area (Å²) in [5.41, 5.74) is 0.568. The number of hydrogen-bond donors (Lipinski definition) is 2. The lowest BCUT2D eigenvalue weighted by molar-refractivity contribution is 0.0162. The summed E-state index contributed by atoms with van der Waals surface area (Å²) in [4.78, 5) is 3.90. The summed E-state index contributed by atoms with van der Waals surface area (Å²) in [5, 5.41) is 19.1. The molecule has 1 rings (SSSR count). The first-order valence-corrected chi connectivity index (χ1v) is 4.54. The van der Waals surface area contributed by atoms with Crippen LogP contribution < -0.4 is 4.74 Å². The van der Waals surface area contributed by atoms with Crippen molar-refractivity contribution in [2.24, 2.45) is 0 Å². The van der Waals surface area contributed by atoms with E-state index in [9.17, 15) is 10.2 Å². The standard InChI is InChI=1S/C10H15NO3/c1-3-9(12)10(13)7-4-8(14-2)6-11-5-7/h4-6,9-10,12-13H,3H2,1-2H3. The Morgan fingerprint density at radius 1 is 1.43 bits per heavy atom. The second kappa shape index (κ2) is 4.93. The van der Waals surface area contributed by atoms with Crippen molar-refractivity contribution in [2.75, 3.05) is 7.11 Å². The molecule has 2 N–H and O–H groups in total. The molecule has 0 saturated carbocycles. The quantitative estimate of drug-likeness (QED) is 0.752. The predicted molar refractivity (Wildman–Crippen MR) is 52.0 cm³/mol. The topological polar surface area (TPSA) is 62.6 Å². The molecule has 2 atom stereocenters. The molecule has 0 bridgehead atoms. The Morgan fingerprint density at radius 3 is 2.71 bits per heavy atom. The zero-order chi connectivity index (χ0) is 10.6. The van der Waals surface area contributed by atoms with Crippen LogP contribution in [0.1, 0.15) is 25.0 Å². The van der Waals surface area contributed by atoms with Gasteiger partial charge in [0.1, 0.15) is 11.9 Å². The Balaban J connectivity index is 2.83. The Labute approximate surface area is 83.2 Å². The summed E-state index contributed by atoms with van der Waals surface area (Å²) in [6.07, 6.45) is 1.91. The largest absolute Gasteiger partial charge is 0.495 e. The number of nitrogens with zero attached hydrogens (tertiary/aromatic N) is 1. The van der Waals surface area contributed by atoms with E-state index < -0.39 is 12.2 Å². The van der Waals surface area contributed by atoms with Crippen LogP contribution in [-0.4, -0.2) is 28.4 Å². The molecule has 2 unspecified atom stereocenters. The maximum absolute atomic E-state index is 9.66. The van der Waals surface area contributed by atoms with Crippen molar-refractivity contribution in [1.29, 1.82) is 0 Å². The summed E-state index contributed by atoms with van der Waals surface area (Å²) in [5.74, 6) is 0.574. The molecule has 4 heteroatoms. The first kappa shape index (κ1) is 10.9. The molecule has 0 saturated heterocycles. The molecule has 78 valence electrons. The van der Waals surface area contributed by atoms with E-state index in [-0.39, 0.29) is 0 Å². The van der Waals surface area contributed by atoms with Crippen molar-refractivity contribution >= 4 is 0 Å². The number of ether oxygens (including phenoxy) is 1. The summed E-state index contributed by atoms with van der Waals surface area (Å²) in [6.45, 7) is 1.81. The van der Waals surface area contributed by atoms with Gasteiger partial charge in [-0.2, -0.15) is 0 Å². The van der Waals surface area contributed by atoms with E-state index in [0.29, 0.717) is 17.7 Å². The van der Waals surface area contributed by atoms with Gasteiger partial charge in [0.05, 0.1) is 19.4 Å². The fourth-order valence-corrected chi connectivity index (χ4v) is 1.15. The summed E-state index contributed by atoms with van der Waals surface area (Å²) in [6, 6.07) is 1.66. The lowest BCUT2D eigenvalue weighted by Crippen LogP contribution is -2.17. The van der Waals surface area contributed by atoms with Gasteiger partial charge in [-0.1, -0.05) is 6.92 Å². The van der Waals surface area contributed by atoms with Gasteiger partial charge < -0.3 is 14.9 Å². The molecule has 1 aromatic rings. The minimum absolute atomic E-state index is 0.498. The third-order valence-corrected chi connectivity index (χ3v) is 2.09. The molecule has 0 fully saturated rings. The Morgan fingerprint density at radius 2 is 2.14 bits per heavy atom. The summed E-state index contributed by atoms with van der Waals surface area (Å²) in [7, 11) is 1.53. The minimum atomic E-state index is -0.900. The van der Waals surface area contributed by atoms with Crippen LogP contribution in [0.5, 0.6) is 5.75 Å². The van der Waals surface area contributed by atoms with E-state index in [2.05, 4.69) is 4.98 Å². The van der Waals surface area contributed by atoms with E-state index >= 15 is 0 Å². The first-order chi connectivity index (χ1) is 6.69. The van der Waals surface area contributed by atoms with Gasteiger partial charge in [0.15, 0.2) is 0 Å². The molecule has 1 heterocycles. The maximum atomic E-state index is 9.66. The first-order valence-electron chi connectivity index (χ1n) is 4.54. The number of aliphatic hydroxyl groups is 2. The van der Waals surface area contributed by atoms with Crippen molar-refractivity contribution in [3.63, 3.8) is 0 Å². The molecule has 0 aliphatic carbocycles. The number of aliphatic hydroxyl groups excluding tert-OH is 2. The van der Waals surface area contributed by atoms with Crippen molar-refractivity contribution in [1.82, 2.24) is 4.98 Å². The number of hydrogen-bond acceptors (Lipinski definition) is 4. The van der Waals surface area contributed by atoms with Gasteiger partial charge in [0.25, 0.3) is 0 Å². The maximum Gasteiger partial charge on any atom is 0.137 e. The molecule has 0 spiro atoms. The monoisotopic (exact) mass is 197 g/mol. The molecule has 0 aromatic carbocycles. The number of rotatable bonds is 4. The third-order valence-electron chi connectivity index (χ3n) is 2.09. The Kier molecular flexibility index (Phi) is 3.85. The molecule has 0 radical (unpaired) electrons. The smallest absolute Gasteiger partial charge is 0.137 e. The molecule has 4 nitrogen and oxygen atoms in total. The number of methoxy groups -OCH3 is 1. The van der Waals surface area contributed by atoms with Gasteiger partial charge in [0.2, 0.25) is 0 Å². The van der Waals surface area contributed by atoms with Crippen molar-refractivity contribution in [3.8, 4) is 5.75 Å². The van der Waals surface area contributed by atoms with Crippen LogP contribution in [0.2, 0.25) is 0 Å². The zero-order valence-corrected chi connectivity index (χ0v) is 8.34. The average Bonchev–Trinajstić information content (AvgIpc) is 2.27. The Bertz CT molecular complexity index is 290. The molecular weight excluding hydrogens is 182 g/mol. The normalized spacial score (nSPS) is 14.9. The zero-order valence-electron chi connectivity index (χ0n) is 8.34. The molecule has 0 amide bonds. The van der Waals surface area contributed by atoms with Crippen LogP contribution in [0.25, 0.3) is 0 Å². The molecule has 0 aliphatic heterocycles. The van der Waals surface area contributed by atoms with E-state index in [0.717, 1.165) is 0 Å². The van der Waals surface area contributed by atoms with Gasteiger partial charge in [-0.15, -0.1) is 0 Å². The summed E-state index contributed by atoms with van der Waals surface area (Å²) >= 11 is 0. The highest BCUT2D eigenvalue weighted by Gasteiger charge is 2.16. The fraction of sp³-hybridized carbons (Fsp3) is 0.500. The van der Waals surface area contributed by atoms with Crippen LogP contribution in [-0.2, 0) is 0 Å². The van der Waals surface area contributed by atoms with E-state index in [4.69, 9.17) is 4.74 Å². The minimum Gasteiger partial charge on any atom is -0.495 e. The van der Waals surface area contributed by atoms with Crippen LogP contribution in [0.15, 0.2) is 18.5 Å². The summed E-state index contributed by atoms with van der Waals surface area (Å²) < 4.78 is 4.96. The second-order valence-corrected chi connectivity index (χ2v) is 3.08. The molecule has 1 aromatic heterocycles. The highest BCUT2D eigenvalue weighted by molar-refractivity contribution is 5.25. The highest BCUT2D eigenvalue weighted by atomic mass is 16.5. The van der Waals surface area contributed by atoms with Crippen molar-refractivity contribution in [2.45, 2.75) is 25.6 Å².